The van der Waals surface area contributed by atoms with E-state index in [1.165, 1.54) is 24.3 Å². The average molecular weight is 599 g/mol. The molecular weight excluding hydrogens is 576 g/mol. The van der Waals surface area contributed by atoms with Gasteiger partial charge in [0.25, 0.3) is 0 Å². The first-order valence-electron chi connectivity index (χ1n) is 14.1. The van der Waals surface area contributed by atoms with E-state index >= 15 is 0 Å². The number of ketones is 4. The maximum atomic E-state index is 13.8. The summed E-state index contributed by atoms with van der Waals surface area (Å²) >= 11 is 0. The first-order chi connectivity index (χ1) is 20.9. The van der Waals surface area contributed by atoms with E-state index in [0.29, 0.717) is 0 Å². The Kier molecular flexibility index (Phi) is 5.34. The Balaban J connectivity index is 1.23. The highest BCUT2D eigenvalue weighted by atomic mass is 16.6. The molecule has 4 heterocycles. The normalized spacial score (nSPS) is 30.3. The van der Waals surface area contributed by atoms with Crippen molar-refractivity contribution in [3.8, 4) is 22.6 Å². The molecule has 6 aliphatic rings. The van der Waals surface area contributed by atoms with Crippen molar-refractivity contribution in [2.75, 3.05) is 0 Å². The molecule has 2 N–H and O–H groups in total. The van der Waals surface area contributed by atoms with Gasteiger partial charge in [-0.05, 0) is 49.2 Å². The van der Waals surface area contributed by atoms with Crippen LogP contribution in [0.4, 0.5) is 0 Å². The zero-order valence-electron chi connectivity index (χ0n) is 23.2. The molecule has 12 nitrogen and oxygen atoms in total. The second-order valence-electron chi connectivity index (χ2n) is 11.7. The van der Waals surface area contributed by atoms with Gasteiger partial charge < -0.3 is 29.2 Å². The highest BCUT2D eigenvalue weighted by Crippen LogP contribution is 2.46. The number of ether oxygens (including phenoxy) is 4. The number of carbonyl (C=O) groups is 6. The summed E-state index contributed by atoms with van der Waals surface area (Å²) in [7, 11) is 0. The van der Waals surface area contributed by atoms with Gasteiger partial charge in [0.1, 0.15) is 23.7 Å². The summed E-state index contributed by atoms with van der Waals surface area (Å²) in [4.78, 5) is 78.8. The second kappa shape index (κ2) is 8.80. The van der Waals surface area contributed by atoms with E-state index in [2.05, 4.69) is 0 Å². The molecular formula is C32H22O12. The van der Waals surface area contributed by atoms with E-state index in [1.807, 2.05) is 0 Å². The van der Waals surface area contributed by atoms with Crippen molar-refractivity contribution in [1.29, 1.82) is 0 Å². The molecule has 2 fully saturated rings. The lowest BCUT2D eigenvalue weighted by molar-refractivity contribution is -0.141. The minimum Gasteiger partial charge on any atom is -0.507 e. The predicted molar refractivity (Wildman–Crippen MR) is 144 cm³/mol. The van der Waals surface area contributed by atoms with Gasteiger partial charge in [-0.2, -0.15) is 0 Å². The van der Waals surface area contributed by atoms with Gasteiger partial charge in [-0.15, -0.1) is 0 Å². The Hall–Kier alpha value is -4.94. The monoisotopic (exact) mass is 598 g/mol. The number of aromatic hydroxyl groups is 2. The van der Waals surface area contributed by atoms with Crippen LogP contribution in [0, 0.1) is 0 Å². The van der Waals surface area contributed by atoms with Gasteiger partial charge in [0.15, 0.2) is 35.3 Å². The SMILES string of the molecule is C[C@@H]1OC2CC(=O)OC2C2=C1C(=O)c1cc(-c3cc(O)c4c(c3)C(=O)C3=C(C4=O)[C@@H]4OC(=O)C[C@@H]4O[C@H]3C)cc(O)c1C2=O. The van der Waals surface area contributed by atoms with E-state index in [9.17, 15) is 39.0 Å². The molecule has 2 saturated heterocycles. The summed E-state index contributed by atoms with van der Waals surface area (Å²) in [5.74, 6) is -4.71. The quantitative estimate of drug-likeness (QED) is 0.458. The van der Waals surface area contributed by atoms with E-state index < -0.39 is 83.2 Å². The molecule has 4 aliphatic heterocycles. The van der Waals surface area contributed by atoms with Gasteiger partial charge in [0, 0.05) is 22.3 Å². The number of phenols is 2. The molecule has 0 amide bonds. The Morgan fingerprint density at radius 2 is 0.955 bits per heavy atom. The van der Waals surface area contributed by atoms with Gasteiger partial charge in [-0.1, -0.05) is 0 Å². The summed E-state index contributed by atoms with van der Waals surface area (Å²) in [6.45, 7) is 3.18. The number of fused-ring (bicyclic) bond motifs is 6. The van der Waals surface area contributed by atoms with Crippen LogP contribution in [0.15, 0.2) is 46.6 Å². The molecule has 12 heteroatoms. The van der Waals surface area contributed by atoms with Crippen molar-refractivity contribution in [1.82, 2.24) is 0 Å². The van der Waals surface area contributed by atoms with Crippen LogP contribution in [-0.4, -0.2) is 81.9 Å². The number of benzene rings is 2. The largest absolute Gasteiger partial charge is 0.507 e. The third-order valence-corrected chi connectivity index (χ3v) is 9.14. The predicted octanol–water partition coefficient (Wildman–Crippen LogP) is 2.32. The molecule has 0 spiro atoms. The molecule has 0 radical (unpaired) electrons. The third-order valence-electron chi connectivity index (χ3n) is 9.14. The standard InChI is InChI=1S/C32H22O12/c1-9-21-25(31-17(41-9)7-19(35)43-31)29(39)23-13(27(21)37)3-11(5-15(23)33)12-4-14-24(16(34)6-12)30(40)26-22(28(14)38)10(2)42-18-8-20(36)44-32(18)26/h3-6,9-10,17-18,31-34H,7-8H2,1-2H3/t9-,10-,17-,18?,31+,32?/m0/s1. The van der Waals surface area contributed by atoms with Crippen molar-refractivity contribution in [3.63, 3.8) is 0 Å². The van der Waals surface area contributed by atoms with E-state index in [0.717, 1.165) is 0 Å². The maximum absolute atomic E-state index is 13.8. The van der Waals surface area contributed by atoms with Gasteiger partial charge in [-0.3, -0.25) is 28.8 Å². The zero-order valence-corrected chi connectivity index (χ0v) is 23.2. The highest BCUT2D eigenvalue weighted by Gasteiger charge is 2.53. The van der Waals surface area contributed by atoms with E-state index in [1.54, 1.807) is 13.8 Å². The molecule has 44 heavy (non-hydrogen) atoms. The molecule has 0 saturated carbocycles. The fourth-order valence-electron chi connectivity index (χ4n) is 7.31. The summed E-state index contributed by atoms with van der Waals surface area (Å²) in [6, 6.07) is 5.14. The number of hydrogen-bond acceptors (Lipinski definition) is 12. The summed E-state index contributed by atoms with van der Waals surface area (Å²) < 4.78 is 22.3. The highest BCUT2D eigenvalue weighted by molar-refractivity contribution is 6.30. The van der Waals surface area contributed by atoms with Crippen LogP contribution in [0.25, 0.3) is 11.1 Å². The van der Waals surface area contributed by atoms with Crippen molar-refractivity contribution in [2.45, 2.75) is 63.3 Å². The lowest BCUT2D eigenvalue weighted by Gasteiger charge is -2.35. The second-order valence-corrected chi connectivity index (χ2v) is 11.7. The fourth-order valence-corrected chi connectivity index (χ4v) is 7.31. The van der Waals surface area contributed by atoms with Crippen molar-refractivity contribution < 1.29 is 57.9 Å². The lowest BCUT2D eigenvalue weighted by Crippen LogP contribution is -2.44. The minimum atomic E-state index is -1.06. The van der Waals surface area contributed by atoms with Gasteiger partial charge in [0.2, 0.25) is 0 Å². The number of esters is 2. The van der Waals surface area contributed by atoms with Crippen LogP contribution in [0.3, 0.4) is 0 Å². The molecule has 0 aromatic heterocycles. The molecule has 2 aliphatic carbocycles. The molecule has 2 unspecified atom stereocenters. The smallest absolute Gasteiger partial charge is 0.309 e. The number of Topliss-reactive ketones (excluding diaryl/α,β-unsaturated/α-hetero) is 4. The van der Waals surface area contributed by atoms with Crippen LogP contribution in [0.2, 0.25) is 0 Å². The van der Waals surface area contributed by atoms with Gasteiger partial charge >= 0.3 is 11.9 Å². The molecule has 8 rings (SSSR count). The zero-order chi connectivity index (χ0) is 30.9. The van der Waals surface area contributed by atoms with Gasteiger partial charge in [0.05, 0.1) is 47.3 Å². The molecule has 0 bridgehead atoms. The summed E-state index contributed by atoms with van der Waals surface area (Å²) in [6.07, 6.45) is -5.36. The maximum Gasteiger partial charge on any atom is 0.309 e. The lowest BCUT2D eigenvalue weighted by atomic mass is 9.75. The van der Waals surface area contributed by atoms with Crippen molar-refractivity contribution >= 4 is 35.1 Å². The van der Waals surface area contributed by atoms with Crippen LogP contribution >= 0.6 is 0 Å². The van der Waals surface area contributed by atoms with Crippen LogP contribution in [0.1, 0.15) is 68.1 Å². The minimum absolute atomic E-state index is 0.0150. The van der Waals surface area contributed by atoms with Crippen LogP contribution in [0.5, 0.6) is 11.5 Å². The number of rotatable bonds is 1. The molecule has 2 aromatic rings. The number of phenolic OH excluding ortho intramolecular Hbond substituents is 2. The van der Waals surface area contributed by atoms with Gasteiger partial charge in [-0.25, -0.2) is 0 Å². The Bertz CT molecular complexity index is 1770. The molecule has 6 atom stereocenters. The van der Waals surface area contributed by atoms with Crippen LogP contribution < -0.4 is 0 Å². The fraction of sp³-hybridized carbons (Fsp3) is 0.312. The third kappa shape index (κ3) is 3.40. The number of hydrogen-bond donors (Lipinski definition) is 2. The first-order valence-corrected chi connectivity index (χ1v) is 14.1. The van der Waals surface area contributed by atoms with Crippen molar-refractivity contribution in [2.24, 2.45) is 0 Å². The molecule has 2 aromatic carbocycles. The number of carbonyl (C=O) groups excluding carboxylic acids is 6. The topological polar surface area (TPSA) is 180 Å². The Labute approximate surface area is 247 Å². The average Bonchev–Trinajstić information content (AvgIpc) is 3.52. The van der Waals surface area contributed by atoms with Crippen LogP contribution in [-0.2, 0) is 28.5 Å². The van der Waals surface area contributed by atoms with Crippen molar-refractivity contribution in [3.05, 3.63) is 68.8 Å². The molecule has 222 valence electrons. The summed E-state index contributed by atoms with van der Waals surface area (Å²) in [5, 5.41) is 22.1. The summed E-state index contributed by atoms with van der Waals surface area (Å²) in [5.41, 5.74) is -0.395. The Morgan fingerprint density at radius 3 is 1.34 bits per heavy atom. The Morgan fingerprint density at radius 1 is 0.568 bits per heavy atom. The van der Waals surface area contributed by atoms with E-state index in [-0.39, 0.29) is 68.5 Å². The van der Waals surface area contributed by atoms with E-state index in [4.69, 9.17) is 18.9 Å². The first kappa shape index (κ1) is 26.7.